The number of hydrogen-bond acceptors (Lipinski definition) is 8. The summed E-state index contributed by atoms with van der Waals surface area (Å²) in [6.45, 7) is -0.252. The normalized spacial score (nSPS) is 13.3. The number of nitrogens with zero attached hydrogens (tertiary/aromatic N) is 6. The fourth-order valence-electron chi connectivity index (χ4n) is 4.70. The first-order valence-electron chi connectivity index (χ1n) is 13.9. The van der Waals surface area contributed by atoms with Crippen LogP contribution < -0.4 is 15.2 Å². The Morgan fingerprint density at radius 2 is 1.96 bits per heavy atom. The molecule has 0 radical (unpaired) electrons. The van der Waals surface area contributed by atoms with Crippen LogP contribution in [-0.4, -0.2) is 55.7 Å². The zero-order valence-electron chi connectivity index (χ0n) is 24.8. The number of pyridine rings is 1. The average Bonchev–Trinajstić information content (AvgIpc) is 3.70. The van der Waals surface area contributed by atoms with Crippen molar-refractivity contribution in [3.8, 4) is 34.3 Å². The summed E-state index contributed by atoms with van der Waals surface area (Å²) >= 11 is 12.2. The van der Waals surface area contributed by atoms with Crippen LogP contribution in [0.3, 0.4) is 0 Å². The van der Waals surface area contributed by atoms with Gasteiger partial charge in [0.2, 0.25) is 0 Å². The van der Waals surface area contributed by atoms with E-state index in [1.54, 1.807) is 6.07 Å². The number of aromatic amines is 1. The predicted molar refractivity (Wildman–Crippen MR) is 161 cm³/mol. The number of alkyl halides is 5. The lowest BCUT2D eigenvalue weighted by atomic mass is 9.98. The van der Waals surface area contributed by atoms with E-state index in [1.807, 2.05) is 0 Å². The van der Waals surface area contributed by atoms with Gasteiger partial charge in [0.25, 0.3) is 12.0 Å². The second-order valence-corrected chi connectivity index (χ2v) is 12.0. The summed E-state index contributed by atoms with van der Waals surface area (Å²) in [6.07, 6.45) is -2.62. The van der Waals surface area contributed by atoms with Gasteiger partial charge >= 0.3 is 12.6 Å². The molecule has 1 aromatic carbocycles. The number of carbonyl (C=O) groups excluding carboxylic acids is 1. The molecule has 0 bridgehead atoms. The molecule has 0 aliphatic heterocycles. The summed E-state index contributed by atoms with van der Waals surface area (Å²) in [5.74, 6) is -2.43. The Kier molecular flexibility index (Phi) is 9.33. The number of nitriles is 1. The van der Waals surface area contributed by atoms with Crippen LogP contribution in [0.15, 0.2) is 23.1 Å². The van der Waals surface area contributed by atoms with Gasteiger partial charge in [-0.3, -0.25) is 9.69 Å². The zero-order valence-corrected chi connectivity index (χ0v) is 26.3. The smallest absolute Gasteiger partial charge is 0.416 e. The third kappa shape index (κ3) is 6.82. The van der Waals surface area contributed by atoms with E-state index in [0.717, 1.165) is 12.3 Å². The molecule has 18 heteroatoms. The molecule has 248 valence electrons. The summed E-state index contributed by atoms with van der Waals surface area (Å²) in [4.78, 5) is 31.1. The summed E-state index contributed by atoms with van der Waals surface area (Å²) < 4.78 is 83.8. The van der Waals surface area contributed by atoms with Crippen LogP contribution in [0.5, 0.6) is 5.75 Å². The van der Waals surface area contributed by atoms with E-state index in [2.05, 4.69) is 20.3 Å². The molecular formula is C29H24Cl2F5N7O4. The maximum Gasteiger partial charge on any atom is 0.416 e. The van der Waals surface area contributed by atoms with Crippen molar-refractivity contribution in [1.29, 1.82) is 5.26 Å². The molecule has 0 atom stereocenters. The lowest BCUT2D eigenvalue weighted by Gasteiger charge is -2.27. The fraction of sp³-hybridized carbons (Fsp3) is 0.379. The molecule has 0 saturated heterocycles. The SMILES string of the molecule is CC(C)(C)OC(=O)N(CC(F)F)c1nc(-c2cnn(C(F)F)c2-c2c(F)c(Cl)cc(OC3CC3)c2C#N)cc2c(CCl)n[nH]c(=O)c12. The highest BCUT2D eigenvalue weighted by Crippen LogP contribution is 2.44. The molecule has 47 heavy (non-hydrogen) atoms. The molecule has 11 nitrogen and oxygen atoms in total. The van der Waals surface area contributed by atoms with Gasteiger partial charge in [0.05, 0.1) is 57.8 Å². The molecule has 3 aromatic heterocycles. The number of hydrogen-bond donors (Lipinski definition) is 1. The highest BCUT2D eigenvalue weighted by atomic mass is 35.5. The Morgan fingerprint density at radius 3 is 2.53 bits per heavy atom. The predicted octanol–water partition coefficient (Wildman–Crippen LogP) is 7.19. The zero-order chi connectivity index (χ0) is 34.4. The molecule has 0 spiro atoms. The molecule has 1 aliphatic carbocycles. The quantitative estimate of drug-likeness (QED) is 0.143. The van der Waals surface area contributed by atoms with Gasteiger partial charge in [-0.25, -0.2) is 32.7 Å². The highest BCUT2D eigenvalue weighted by molar-refractivity contribution is 6.31. The van der Waals surface area contributed by atoms with Gasteiger partial charge in [-0.05, 0) is 39.7 Å². The second kappa shape index (κ2) is 13.0. The molecule has 1 aliphatic rings. The number of ether oxygens (including phenoxy) is 2. The first-order valence-corrected chi connectivity index (χ1v) is 14.8. The van der Waals surface area contributed by atoms with Crippen molar-refractivity contribution in [3.05, 3.63) is 50.8 Å². The first-order chi connectivity index (χ1) is 22.1. The van der Waals surface area contributed by atoms with Crippen LogP contribution in [0.4, 0.5) is 32.6 Å². The standard InChI is InChI=1S/C29H24Cl2F5N7O4/c1-29(2,3)47-28(45)42(11-20(32)33)25-22-13(18(8-30)40-41-26(22)44)6-17(39-25)15-10-38-43(27(35)36)24(15)21-14(9-37)19(46-12-4-5-12)7-16(31)23(21)34/h6-7,10,12,20,27H,4-5,8,11H2,1-3H3,(H,41,44). The molecule has 0 unspecified atom stereocenters. The minimum Gasteiger partial charge on any atom is -0.489 e. The number of amides is 1. The lowest BCUT2D eigenvalue weighted by molar-refractivity contribution is 0.0542. The van der Waals surface area contributed by atoms with Crippen molar-refractivity contribution in [2.45, 2.75) is 64.2 Å². The minimum absolute atomic E-state index is 0.0121. The maximum absolute atomic E-state index is 15.9. The van der Waals surface area contributed by atoms with E-state index in [4.69, 9.17) is 32.7 Å². The Morgan fingerprint density at radius 1 is 1.26 bits per heavy atom. The highest BCUT2D eigenvalue weighted by Gasteiger charge is 2.34. The van der Waals surface area contributed by atoms with Crippen molar-refractivity contribution in [2.75, 3.05) is 11.4 Å². The van der Waals surface area contributed by atoms with Gasteiger partial charge < -0.3 is 9.47 Å². The number of aromatic nitrogens is 5. The second-order valence-electron chi connectivity index (χ2n) is 11.3. The molecule has 4 aromatic rings. The number of H-pyrrole nitrogens is 1. The van der Waals surface area contributed by atoms with Gasteiger partial charge in [0.15, 0.2) is 11.6 Å². The van der Waals surface area contributed by atoms with E-state index in [0.29, 0.717) is 17.7 Å². The van der Waals surface area contributed by atoms with Crippen LogP contribution >= 0.6 is 23.2 Å². The molecule has 1 N–H and O–H groups in total. The van der Waals surface area contributed by atoms with Gasteiger partial charge in [-0.15, -0.1) is 11.6 Å². The number of nitrogens with one attached hydrogen (secondary N) is 1. The van der Waals surface area contributed by atoms with Gasteiger partial charge in [-0.1, -0.05) is 11.6 Å². The van der Waals surface area contributed by atoms with Crippen LogP contribution in [0.2, 0.25) is 5.02 Å². The summed E-state index contributed by atoms with van der Waals surface area (Å²) in [5, 5.41) is 18.8. The Balaban J connectivity index is 1.87. The summed E-state index contributed by atoms with van der Waals surface area (Å²) in [7, 11) is 0. The molecule has 5 rings (SSSR count). The van der Waals surface area contributed by atoms with Crippen LogP contribution in [-0.2, 0) is 10.6 Å². The lowest BCUT2D eigenvalue weighted by Crippen LogP contribution is -2.40. The van der Waals surface area contributed by atoms with E-state index in [1.165, 1.54) is 26.8 Å². The van der Waals surface area contributed by atoms with Crippen molar-refractivity contribution >= 4 is 45.9 Å². The Bertz CT molecular complexity index is 1970. The largest absolute Gasteiger partial charge is 0.489 e. The molecule has 3 heterocycles. The van der Waals surface area contributed by atoms with Crippen molar-refractivity contribution in [1.82, 2.24) is 25.0 Å². The number of rotatable bonds is 9. The van der Waals surface area contributed by atoms with Crippen molar-refractivity contribution < 1.29 is 36.2 Å². The van der Waals surface area contributed by atoms with Crippen LogP contribution in [0, 0.1) is 17.1 Å². The van der Waals surface area contributed by atoms with Crippen molar-refractivity contribution in [2.24, 2.45) is 0 Å². The number of carbonyl (C=O) groups is 1. The minimum atomic E-state index is -3.39. The summed E-state index contributed by atoms with van der Waals surface area (Å²) in [6, 6.07) is 4.01. The van der Waals surface area contributed by atoms with Crippen LogP contribution in [0.25, 0.3) is 33.3 Å². The number of fused-ring (bicyclic) bond motifs is 1. The molecule has 1 fully saturated rings. The van der Waals surface area contributed by atoms with E-state index < -0.39 is 75.6 Å². The summed E-state index contributed by atoms with van der Waals surface area (Å²) in [5.41, 5.74) is -4.72. The first kappa shape index (κ1) is 33.9. The monoisotopic (exact) mass is 699 g/mol. The molecule has 1 amide bonds. The van der Waals surface area contributed by atoms with E-state index >= 15 is 4.39 Å². The number of halogens is 7. The Hall–Kier alpha value is -4.49. The van der Waals surface area contributed by atoms with Gasteiger partial charge in [-0.2, -0.15) is 24.2 Å². The fourth-order valence-corrected chi connectivity index (χ4v) is 5.09. The average molecular weight is 700 g/mol. The maximum atomic E-state index is 15.9. The van der Waals surface area contributed by atoms with Gasteiger partial charge in [0.1, 0.15) is 23.0 Å². The molecular weight excluding hydrogens is 676 g/mol. The number of anilines is 1. The van der Waals surface area contributed by atoms with E-state index in [-0.39, 0.29) is 44.8 Å². The third-order valence-corrected chi connectivity index (χ3v) is 7.28. The number of benzene rings is 1. The Labute approximate surface area is 272 Å². The third-order valence-electron chi connectivity index (χ3n) is 6.75. The molecule has 1 saturated carbocycles. The van der Waals surface area contributed by atoms with Crippen molar-refractivity contribution in [3.63, 3.8) is 0 Å². The van der Waals surface area contributed by atoms with E-state index in [9.17, 15) is 32.4 Å². The van der Waals surface area contributed by atoms with Gasteiger partial charge in [0, 0.05) is 17.0 Å². The van der Waals surface area contributed by atoms with Crippen LogP contribution in [0.1, 0.15) is 51.4 Å². The topological polar surface area (TPSA) is 139 Å².